The summed E-state index contributed by atoms with van der Waals surface area (Å²) in [6, 6.07) is 0. The number of rotatable bonds is 1. The van der Waals surface area contributed by atoms with Crippen molar-refractivity contribution in [2.45, 2.75) is 37.8 Å². The molecule has 0 radical (unpaired) electrons. The lowest BCUT2D eigenvalue weighted by molar-refractivity contribution is -0.0744. The topological polar surface area (TPSA) is 31.0 Å². The van der Waals surface area contributed by atoms with Gasteiger partial charge in [0.15, 0.2) is 0 Å². The summed E-state index contributed by atoms with van der Waals surface area (Å²) in [7, 11) is 0. The van der Waals surface area contributed by atoms with Gasteiger partial charge in [0.2, 0.25) is 6.29 Å². The Bertz CT molecular complexity index is 206. The molecule has 2 heterocycles. The second-order valence-corrected chi connectivity index (χ2v) is 3.70. The molecule has 0 spiro atoms. The lowest BCUT2D eigenvalue weighted by atomic mass is 9.89. The Hall–Kier alpha value is -0.700. The van der Waals surface area contributed by atoms with Gasteiger partial charge in [0.25, 0.3) is 0 Å². The first-order valence-electron chi connectivity index (χ1n) is 4.55. The van der Waals surface area contributed by atoms with Gasteiger partial charge in [-0.3, -0.25) is 0 Å². The summed E-state index contributed by atoms with van der Waals surface area (Å²) < 4.78 is 16.0. The minimum Gasteiger partial charge on any atom is -0.459 e. The normalized spacial score (nSPS) is 44.8. The van der Waals surface area contributed by atoms with Gasteiger partial charge >= 0.3 is 0 Å². The molecule has 0 N–H and O–H groups in total. The Morgan fingerprint density at radius 2 is 1.83 bits per heavy atom. The molecule has 3 unspecified atom stereocenters. The fourth-order valence-corrected chi connectivity index (χ4v) is 2.16. The van der Waals surface area contributed by atoms with Crippen molar-refractivity contribution >= 4 is 0 Å². The summed E-state index contributed by atoms with van der Waals surface area (Å²) >= 11 is 0. The highest BCUT2D eigenvalue weighted by Gasteiger charge is 2.46. The maximum atomic E-state index is 5.44. The first kappa shape index (κ1) is 6.78. The Balaban J connectivity index is 1.61. The van der Waals surface area contributed by atoms with Gasteiger partial charge < -0.3 is 14.2 Å². The zero-order chi connectivity index (χ0) is 7.97. The van der Waals surface area contributed by atoms with Crippen LogP contribution in [0.15, 0.2) is 12.5 Å². The van der Waals surface area contributed by atoms with Crippen LogP contribution in [0.4, 0.5) is 0 Å². The summed E-state index contributed by atoms with van der Waals surface area (Å²) in [5, 5.41) is 0. The molecular formula is C9H12O3. The van der Waals surface area contributed by atoms with Crippen LogP contribution in [0.3, 0.4) is 0 Å². The average Bonchev–Trinajstić information content (AvgIpc) is 2.66. The van der Waals surface area contributed by atoms with Crippen LogP contribution in [-0.4, -0.2) is 18.5 Å². The molecular weight excluding hydrogens is 156 g/mol. The molecule has 0 aromatic heterocycles. The lowest BCUT2D eigenvalue weighted by Gasteiger charge is -2.23. The Labute approximate surface area is 71.3 Å². The fourth-order valence-electron chi connectivity index (χ4n) is 2.16. The minimum atomic E-state index is -0.0323. The van der Waals surface area contributed by atoms with Crippen LogP contribution < -0.4 is 0 Å². The summed E-state index contributed by atoms with van der Waals surface area (Å²) in [6.07, 6.45) is 7.76. The standard InChI is InChI=1S/C9H12O3/c1-2-7-8(12-7)5-6(1)9-10-3-4-11-9/h3-4,6-9H,1-2,5H2. The van der Waals surface area contributed by atoms with E-state index >= 15 is 0 Å². The largest absolute Gasteiger partial charge is 0.459 e. The maximum Gasteiger partial charge on any atom is 0.242 e. The second kappa shape index (κ2) is 2.39. The Morgan fingerprint density at radius 3 is 2.58 bits per heavy atom. The highest BCUT2D eigenvalue weighted by Crippen LogP contribution is 2.41. The molecule has 0 aromatic carbocycles. The van der Waals surface area contributed by atoms with Gasteiger partial charge in [-0.25, -0.2) is 0 Å². The summed E-state index contributed by atoms with van der Waals surface area (Å²) in [5.74, 6) is 0.531. The van der Waals surface area contributed by atoms with E-state index in [1.54, 1.807) is 12.5 Å². The smallest absolute Gasteiger partial charge is 0.242 e. The first-order chi connectivity index (χ1) is 5.93. The zero-order valence-corrected chi connectivity index (χ0v) is 6.81. The Morgan fingerprint density at radius 1 is 1.00 bits per heavy atom. The molecule has 0 bridgehead atoms. The van der Waals surface area contributed by atoms with Crippen LogP contribution >= 0.6 is 0 Å². The van der Waals surface area contributed by atoms with Gasteiger partial charge in [-0.2, -0.15) is 0 Å². The molecule has 0 amide bonds. The molecule has 2 fully saturated rings. The number of hydrogen-bond donors (Lipinski definition) is 0. The predicted octanol–water partition coefficient (Wildman–Crippen LogP) is 1.40. The number of fused-ring (bicyclic) bond motifs is 1. The average molecular weight is 168 g/mol. The molecule has 12 heavy (non-hydrogen) atoms. The number of epoxide rings is 1. The number of ether oxygens (including phenoxy) is 3. The van der Waals surface area contributed by atoms with Crippen LogP contribution in [0.5, 0.6) is 0 Å². The summed E-state index contributed by atoms with van der Waals surface area (Å²) in [6.45, 7) is 0. The van der Waals surface area contributed by atoms with Crippen molar-refractivity contribution in [1.29, 1.82) is 0 Å². The molecule has 0 aromatic rings. The summed E-state index contributed by atoms with van der Waals surface area (Å²) in [4.78, 5) is 0. The van der Waals surface area contributed by atoms with E-state index in [4.69, 9.17) is 14.2 Å². The zero-order valence-electron chi connectivity index (χ0n) is 6.81. The van der Waals surface area contributed by atoms with Gasteiger partial charge in [-0.15, -0.1) is 0 Å². The monoisotopic (exact) mass is 168 g/mol. The highest BCUT2D eigenvalue weighted by atomic mass is 16.7. The van der Waals surface area contributed by atoms with Crippen molar-refractivity contribution in [1.82, 2.24) is 0 Å². The Kier molecular flexibility index (Phi) is 1.35. The van der Waals surface area contributed by atoms with E-state index in [0.717, 1.165) is 6.42 Å². The van der Waals surface area contributed by atoms with Crippen LogP contribution in [0.1, 0.15) is 19.3 Å². The second-order valence-electron chi connectivity index (χ2n) is 3.70. The van der Waals surface area contributed by atoms with Gasteiger partial charge in [0.1, 0.15) is 12.5 Å². The highest BCUT2D eigenvalue weighted by molar-refractivity contribution is 4.93. The predicted molar refractivity (Wildman–Crippen MR) is 41.1 cm³/mol. The molecule has 66 valence electrons. The van der Waals surface area contributed by atoms with Crippen molar-refractivity contribution in [2.75, 3.05) is 0 Å². The lowest BCUT2D eigenvalue weighted by Crippen LogP contribution is -2.26. The van der Waals surface area contributed by atoms with E-state index in [1.165, 1.54) is 12.8 Å². The third-order valence-electron chi connectivity index (χ3n) is 2.91. The van der Waals surface area contributed by atoms with Gasteiger partial charge in [0.05, 0.1) is 12.2 Å². The van der Waals surface area contributed by atoms with Crippen molar-refractivity contribution in [2.24, 2.45) is 5.92 Å². The van der Waals surface area contributed by atoms with Crippen molar-refractivity contribution in [3.05, 3.63) is 12.5 Å². The summed E-state index contributed by atoms with van der Waals surface area (Å²) in [5.41, 5.74) is 0. The molecule has 3 heteroatoms. The van der Waals surface area contributed by atoms with E-state index in [0.29, 0.717) is 18.1 Å². The van der Waals surface area contributed by atoms with E-state index in [2.05, 4.69) is 0 Å². The molecule has 2 aliphatic heterocycles. The minimum absolute atomic E-state index is 0.0323. The first-order valence-corrected chi connectivity index (χ1v) is 4.55. The van der Waals surface area contributed by atoms with E-state index < -0.39 is 0 Å². The maximum absolute atomic E-state index is 5.44. The third-order valence-corrected chi connectivity index (χ3v) is 2.91. The quantitative estimate of drug-likeness (QED) is 0.554. The molecule has 3 nitrogen and oxygen atoms in total. The van der Waals surface area contributed by atoms with Crippen LogP contribution in [0.2, 0.25) is 0 Å². The third kappa shape index (κ3) is 1.00. The number of hydrogen-bond acceptors (Lipinski definition) is 3. The van der Waals surface area contributed by atoms with E-state index in [1.807, 2.05) is 0 Å². The van der Waals surface area contributed by atoms with Crippen LogP contribution in [-0.2, 0) is 14.2 Å². The van der Waals surface area contributed by atoms with Crippen LogP contribution in [0.25, 0.3) is 0 Å². The van der Waals surface area contributed by atoms with Gasteiger partial charge in [-0.05, 0) is 19.3 Å². The fraction of sp³-hybridized carbons (Fsp3) is 0.778. The van der Waals surface area contributed by atoms with Crippen molar-refractivity contribution < 1.29 is 14.2 Å². The molecule has 3 atom stereocenters. The molecule has 3 aliphatic rings. The molecule has 3 rings (SSSR count). The van der Waals surface area contributed by atoms with Crippen molar-refractivity contribution in [3.63, 3.8) is 0 Å². The SMILES string of the molecule is C1=COC(C2CCC3OC3C2)O1. The molecule has 1 saturated carbocycles. The van der Waals surface area contributed by atoms with E-state index in [9.17, 15) is 0 Å². The van der Waals surface area contributed by atoms with Crippen molar-refractivity contribution in [3.8, 4) is 0 Å². The molecule has 1 aliphatic carbocycles. The van der Waals surface area contributed by atoms with Gasteiger partial charge in [0, 0.05) is 5.92 Å². The van der Waals surface area contributed by atoms with Crippen LogP contribution in [0, 0.1) is 5.92 Å². The molecule has 1 saturated heterocycles. The van der Waals surface area contributed by atoms with E-state index in [-0.39, 0.29) is 6.29 Å². The van der Waals surface area contributed by atoms with Gasteiger partial charge in [-0.1, -0.05) is 0 Å².